The van der Waals surface area contributed by atoms with Gasteiger partial charge < -0.3 is 4.74 Å². The average Bonchev–Trinajstić information content (AvgIpc) is 2.73. The zero-order valence-corrected chi connectivity index (χ0v) is 16.1. The fourth-order valence-corrected chi connectivity index (χ4v) is 3.27. The summed E-state index contributed by atoms with van der Waals surface area (Å²) in [7, 11) is 0. The van der Waals surface area contributed by atoms with Crippen molar-refractivity contribution in [2.75, 3.05) is 6.61 Å². The maximum atomic E-state index is 14.8. The van der Waals surface area contributed by atoms with Crippen LogP contribution in [0.3, 0.4) is 0 Å². The zero-order valence-electron chi connectivity index (χ0n) is 16.1. The second-order valence-corrected chi connectivity index (χ2v) is 6.79. The normalized spacial score (nSPS) is 10.5. The van der Waals surface area contributed by atoms with E-state index in [0.29, 0.717) is 17.7 Å². The van der Waals surface area contributed by atoms with Crippen molar-refractivity contribution in [1.29, 1.82) is 5.26 Å². The first-order chi connectivity index (χ1) is 13.7. The quantitative estimate of drug-likeness (QED) is 0.399. The van der Waals surface area contributed by atoms with Gasteiger partial charge in [0.15, 0.2) is 0 Å². The molecule has 3 aromatic carbocycles. The van der Waals surface area contributed by atoms with Gasteiger partial charge in [-0.05, 0) is 53.4 Å². The molecule has 3 heteroatoms. The Balaban J connectivity index is 1.91. The van der Waals surface area contributed by atoms with E-state index < -0.39 is 0 Å². The minimum atomic E-state index is -0.292. The van der Waals surface area contributed by atoms with Gasteiger partial charge in [-0.25, -0.2) is 4.39 Å². The van der Waals surface area contributed by atoms with Crippen molar-refractivity contribution in [1.82, 2.24) is 0 Å². The molecule has 0 aliphatic heterocycles. The lowest BCUT2D eigenvalue weighted by atomic mass is 9.93. The maximum absolute atomic E-state index is 14.8. The van der Waals surface area contributed by atoms with Crippen molar-refractivity contribution in [2.24, 2.45) is 0 Å². The first kappa shape index (κ1) is 19.6. The van der Waals surface area contributed by atoms with Crippen molar-refractivity contribution < 1.29 is 9.13 Å². The van der Waals surface area contributed by atoms with E-state index in [1.807, 2.05) is 42.5 Å². The molecular formula is C25H24FNO. The van der Waals surface area contributed by atoms with Gasteiger partial charge in [0, 0.05) is 5.56 Å². The second-order valence-electron chi connectivity index (χ2n) is 6.79. The Morgan fingerprint density at radius 3 is 2.50 bits per heavy atom. The maximum Gasteiger partial charge on any atom is 0.131 e. The summed E-state index contributed by atoms with van der Waals surface area (Å²) < 4.78 is 20.7. The van der Waals surface area contributed by atoms with E-state index in [9.17, 15) is 9.65 Å². The van der Waals surface area contributed by atoms with Crippen molar-refractivity contribution in [3.8, 4) is 34.1 Å². The van der Waals surface area contributed by atoms with Gasteiger partial charge in [0.25, 0.3) is 0 Å². The van der Waals surface area contributed by atoms with Crippen LogP contribution >= 0.6 is 0 Å². The highest BCUT2D eigenvalue weighted by Gasteiger charge is 2.13. The summed E-state index contributed by atoms with van der Waals surface area (Å²) in [5.41, 5.74) is 3.42. The summed E-state index contributed by atoms with van der Waals surface area (Å²) in [6.07, 6.45) is 4.58. The van der Waals surface area contributed by atoms with Gasteiger partial charge in [-0.3, -0.25) is 0 Å². The van der Waals surface area contributed by atoms with Gasteiger partial charge >= 0.3 is 0 Å². The predicted octanol–water partition coefficient (Wildman–Crippen LogP) is 6.99. The van der Waals surface area contributed by atoms with E-state index in [4.69, 9.17) is 4.74 Å². The molecule has 0 radical (unpaired) electrons. The SMILES string of the molecule is CCCCCCOc1cccc(-c2c(F)cccc2-c2cccc(C#N)c2)c1. The third-order valence-electron chi connectivity index (χ3n) is 4.71. The van der Waals surface area contributed by atoms with Crippen LogP contribution in [0.1, 0.15) is 38.2 Å². The summed E-state index contributed by atoms with van der Waals surface area (Å²) in [6, 6.07) is 22.0. The van der Waals surface area contributed by atoms with Crippen LogP contribution in [0.25, 0.3) is 22.3 Å². The molecule has 0 bridgehead atoms. The van der Waals surface area contributed by atoms with Crippen molar-refractivity contribution in [2.45, 2.75) is 32.6 Å². The number of unbranched alkanes of at least 4 members (excludes halogenated alkanes) is 3. The molecule has 3 rings (SSSR count). The number of hydrogen-bond acceptors (Lipinski definition) is 2. The highest BCUT2D eigenvalue weighted by Crippen LogP contribution is 2.36. The minimum Gasteiger partial charge on any atom is -0.494 e. The van der Waals surface area contributed by atoms with Crippen molar-refractivity contribution >= 4 is 0 Å². The highest BCUT2D eigenvalue weighted by molar-refractivity contribution is 5.84. The van der Waals surface area contributed by atoms with E-state index >= 15 is 0 Å². The van der Waals surface area contributed by atoms with Crippen LogP contribution in [-0.4, -0.2) is 6.61 Å². The molecule has 0 saturated heterocycles. The monoisotopic (exact) mass is 373 g/mol. The summed E-state index contributed by atoms with van der Waals surface area (Å²) in [5, 5.41) is 9.18. The standard InChI is InChI=1S/C25H24FNO/c1-2-3-4-5-15-28-22-12-7-11-21(17-22)25-23(13-8-14-24(25)26)20-10-6-9-19(16-20)18-27/h6-14,16-17H,2-5,15H2,1H3. The number of halogens is 1. The van der Waals surface area contributed by atoms with Crippen LogP contribution < -0.4 is 4.74 Å². The molecule has 0 unspecified atom stereocenters. The van der Waals surface area contributed by atoms with E-state index in [1.165, 1.54) is 18.9 Å². The number of hydrogen-bond donors (Lipinski definition) is 0. The predicted molar refractivity (Wildman–Crippen MR) is 112 cm³/mol. The Morgan fingerprint density at radius 2 is 1.68 bits per heavy atom. The second kappa shape index (κ2) is 9.71. The minimum absolute atomic E-state index is 0.292. The van der Waals surface area contributed by atoms with Crippen LogP contribution in [0, 0.1) is 17.1 Å². The molecule has 3 aromatic rings. The lowest BCUT2D eigenvalue weighted by Gasteiger charge is -2.13. The van der Waals surface area contributed by atoms with Gasteiger partial charge in [-0.1, -0.05) is 62.6 Å². The molecule has 0 N–H and O–H groups in total. The molecule has 2 nitrogen and oxygen atoms in total. The van der Waals surface area contributed by atoms with E-state index in [2.05, 4.69) is 13.0 Å². The van der Waals surface area contributed by atoms with Crippen LogP contribution in [0.15, 0.2) is 66.7 Å². The fraction of sp³-hybridized carbons (Fsp3) is 0.240. The lowest BCUT2D eigenvalue weighted by Crippen LogP contribution is -1.98. The van der Waals surface area contributed by atoms with Crippen LogP contribution in [-0.2, 0) is 0 Å². The Hall–Kier alpha value is -3.12. The van der Waals surface area contributed by atoms with Gasteiger partial charge in [-0.2, -0.15) is 5.26 Å². The van der Waals surface area contributed by atoms with Gasteiger partial charge in [-0.15, -0.1) is 0 Å². The molecular weight excluding hydrogens is 349 g/mol. The largest absolute Gasteiger partial charge is 0.494 e. The molecule has 28 heavy (non-hydrogen) atoms. The molecule has 0 saturated carbocycles. The number of nitrogens with zero attached hydrogens (tertiary/aromatic N) is 1. The first-order valence-electron chi connectivity index (χ1n) is 9.75. The Morgan fingerprint density at radius 1 is 0.893 bits per heavy atom. The third kappa shape index (κ3) is 4.78. The summed E-state index contributed by atoms with van der Waals surface area (Å²) in [4.78, 5) is 0. The van der Waals surface area contributed by atoms with Crippen LogP contribution in [0.5, 0.6) is 5.75 Å². The molecule has 0 amide bonds. The molecule has 0 aliphatic rings. The van der Waals surface area contributed by atoms with Gasteiger partial charge in [0.1, 0.15) is 11.6 Å². The van der Waals surface area contributed by atoms with Crippen molar-refractivity contribution in [3.05, 3.63) is 78.1 Å². The molecule has 0 aromatic heterocycles. The fourth-order valence-electron chi connectivity index (χ4n) is 3.27. The topological polar surface area (TPSA) is 33.0 Å². The van der Waals surface area contributed by atoms with E-state index in [0.717, 1.165) is 35.3 Å². The van der Waals surface area contributed by atoms with Crippen LogP contribution in [0.4, 0.5) is 4.39 Å². The highest BCUT2D eigenvalue weighted by atomic mass is 19.1. The van der Waals surface area contributed by atoms with E-state index in [-0.39, 0.29) is 5.82 Å². The molecule has 142 valence electrons. The zero-order chi connectivity index (χ0) is 19.8. The first-order valence-corrected chi connectivity index (χ1v) is 9.75. The molecule has 0 aliphatic carbocycles. The van der Waals surface area contributed by atoms with Gasteiger partial charge in [0.2, 0.25) is 0 Å². The molecule has 0 spiro atoms. The third-order valence-corrected chi connectivity index (χ3v) is 4.71. The number of nitriles is 1. The number of rotatable bonds is 8. The Labute approximate surface area is 166 Å². The smallest absolute Gasteiger partial charge is 0.131 e. The Kier molecular flexibility index (Phi) is 6.81. The van der Waals surface area contributed by atoms with Crippen LogP contribution in [0.2, 0.25) is 0 Å². The number of benzene rings is 3. The molecule has 0 heterocycles. The van der Waals surface area contributed by atoms with E-state index in [1.54, 1.807) is 18.2 Å². The lowest BCUT2D eigenvalue weighted by molar-refractivity contribution is 0.305. The number of ether oxygens (including phenoxy) is 1. The molecule has 0 atom stereocenters. The molecule has 0 fully saturated rings. The van der Waals surface area contributed by atoms with Crippen molar-refractivity contribution in [3.63, 3.8) is 0 Å². The summed E-state index contributed by atoms with van der Waals surface area (Å²) >= 11 is 0. The summed E-state index contributed by atoms with van der Waals surface area (Å²) in [5.74, 6) is 0.453. The average molecular weight is 373 g/mol. The summed E-state index contributed by atoms with van der Waals surface area (Å²) in [6.45, 7) is 2.85. The van der Waals surface area contributed by atoms with Gasteiger partial charge in [0.05, 0.1) is 18.2 Å². The Bertz CT molecular complexity index is 974.